The molecule has 17 heavy (non-hydrogen) atoms. The van der Waals surface area contributed by atoms with E-state index in [-0.39, 0.29) is 6.04 Å². The smallest absolute Gasteiger partial charge is 0.107 e. The van der Waals surface area contributed by atoms with Crippen molar-refractivity contribution in [2.45, 2.75) is 33.4 Å². The van der Waals surface area contributed by atoms with Crippen LogP contribution in [0.2, 0.25) is 0 Å². The molecule has 2 heterocycles. The molecule has 90 valence electrons. The molecular formula is C12H16N4S. The Morgan fingerprint density at radius 3 is 2.65 bits per heavy atom. The van der Waals surface area contributed by atoms with Crippen LogP contribution in [0.5, 0.6) is 0 Å². The second kappa shape index (κ2) is 5.33. The summed E-state index contributed by atoms with van der Waals surface area (Å²) in [6, 6.07) is 0.188. The van der Waals surface area contributed by atoms with E-state index in [1.54, 1.807) is 23.7 Å². The van der Waals surface area contributed by atoms with Gasteiger partial charge in [-0.3, -0.25) is 9.97 Å². The van der Waals surface area contributed by atoms with Gasteiger partial charge in [0.25, 0.3) is 0 Å². The number of thiazole rings is 1. The third kappa shape index (κ3) is 3.08. The number of aryl methyl sites for hydroxylation is 2. The van der Waals surface area contributed by atoms with E-state index in [1.807, 2.05) is 13.1 Å². The van der Waals surface area contributed by atoms with Gasteiger partial charge in [-0.05, 0) is 20.8 Å². The molecule has 0 aliphatic carbocycles. The minimum absolute atomic E-state index is 0.188. The van der Waals surface area contributed by atoms with Crippen LogP contribution < -0.4 is 5.32 Å². The second-order valence-electron chi connectivity index (χ2n) is 3.99. The highest BCUT2D eigenvalue weighted by atomic mass is 32.1. The Morgan fingerprint density at radius 1 is 1.24 bits per heavy atom. The molecule has 0 aliphatic heterocycles. The summed E-state index contributed by atoms with van der Waals surface area (Å²) in [5, 5.41) is 4.52. The monoisotopic (exact) mass is 248 g/mol. The SMILES string of the molecule is Cc1cnc(CNC(C)c2nccnc2C)s1. The summed E-state index contributed by atoms with van der Waals surface area (Å²) in [6.45, 7) is 6.92. The molecule has 4 nitrogen and oxygen atoms in total. The lowest BCUT2D eigenvalue weighted by molar-refractivity contribution is 0.554. The van der Waals surface area contributed by atoms with Crippen molar-refractivity contribution in [3.05, 3.63) is 39.9 Å². The zero-order chi connectivity index (χ0) is 12.3. The molecule has 2 aromatic heterocycles. The summed E-state index contributed by atoms with van der Waals surface area (Å²) < 4.78 is 0. The molecule has 0 aromatic carbocycles. The molecule has 0 bridgehead atoms. The molecule has 0 spiro atoms. The number of aromatic nitrogens is 3. The van der Waals surface area contributed by atoms with Crippen molar-refractivity contribution in [3.8, 4) is 0 Å². The molecule has 0 saturated carbocycles. The Bertz CT molecular complexity index is 495. The largest absolute Gasteiger partial charge is 0.302 e. The number of hydrogen-bond acceptors (Lipinski definition) is 5. The van der Waals surface area contributed by atoms with E-state index in [9.17, 15) is 0 Å². The first kappa shape index (κ1) is 12.1. The third-order valence-corrected chi connectivity index (χ3v) is 3.47. The van der Waals surface area contributed by atoms with Crippen molar-refractivity contribution in [3.63, 3.8) is 0 Å². The average molecular weight is 248 g/mol. The number of nitrogens with one attached hydrogen (secondary N) is 1. The first-order chi connectivity index (χ1) is 8.16. The number of rotatable bonds is 4. The van der Waals surface area contributed by atoms with Crippen LogP contribution in [0.3, 0.4) is 0 Å². The second-order valence-corrected chi connectivity index (χ2v) is 5.31. The molecule has 0 aliphatic rings. The van der Waals surface area contributed by atoms with E-state index in [0.29, 0.717) is 0 Å². The standard InChI is InChI=1S/C12H16N4S/c1-8-6-16-11(17-8)7-15-10(3)12-9(2)13-4-5-14-12/h4-6,10,15H,7H2,1-3H3. The quantitative estimate of drug-likeness (QED) is 0.902. The molecule has 2 rings (SSSR count). The highest BCUT2D eigenvalue weighted by Crippen LogP contribution is 2.15. The lowest BCUT2D eigenvalue weighted by Crippen LogP contribution is -2.20. The minimum atomic E-state index is 0.188. The highest BCUT2D eigenvalue weighted by molar-refractivity contribution is 7.11. The molecular weight excluding hydrogens is 232 g/mol. The van der Waals surface area contributed by atoms with Gasteiger partial charge in [0, 0.05) is 36.1 Å². The van der Waals surface area contributed by atoms with E-state index < -0.39 is 0 Å². The molecule has 0 saturated heterocycles. The van der Waals surface area contributed by atoms with Crippen molar-refractivity contribution in [1.29, 1.82) is 0 Å². The van der Waals surface area contributed by atoms with Crippen LogP contribution in [0.25, 0.3) is 0 Å². The maximum absolute atomic E-state index is 4.35. The summed E-state index contributed by atoms with van der Waals surface area (Å²) in [6.07, 6.45) is 5.35. The zero-order valence-electron chi connectivity index (χ0n) is 10.3. The maximum Gasteiger partial charge on any atom is 0.107 e. The van der Waals surface area contributed by atoms with Crippen molar-refractivity contribution in [2.24, 2.45) is 0 Å². The van der Waals surface area contributed by atoms with Gasteiger partial charge < -0.3 is 5.32 Å². The summed E-state index contributed by atoms with van der Waals surface area (Å²) in [7, 11) is 0. The minimum Gasteiger partial charge on any atom is -0.302 e. The zero-order valence-corrected chi connectivity index (χ0v) is 11.1. The van der Waals surface area contributed by atoms with Gasteiger partial charge >= 0.3 is 0 Å². The van der Waals surface area contributed by atoms with Crippen molar-refractivity contribution < 1.29 is 0 Å². The molecule has 1 N–H and O–H groups in total. The van der Waals surface area contributed by atoms with Gasteiger partial charge in [0.15, 0.2) is 0 Å². The maximum atomic E-state index is 4.35. The van der Waals surface area contributed by atoms with Crippen LogP contribution in [0.4, 0.5) is 0 Å². The fourth-order valence-corrected chi connectivity index (χ4v) is 2.40. The van der Waals surface area contributed by atoms with Crippen molar-refractivity contribution in [1.82, 2.24) is 20.3 Å². The van der Waals surface area contributed by atoms with E-state index in [1.165, 1.54) is 4.88 Å². The molecule has 5 heteroatoms. The molecule has 1 unspecified atom stereocenters. The van der Waals surface area contributed by atoms with Crippen molar-refractivity contribution in [2.75, 3.05) is 0 Å². The lowest BCUT2D eigenvalue weighted by Gasteiger charge is -2.13. The van der Waals surface area contributed by atoms with E-state index >= 15 is 0 Å². The highest BCUT2D eigenvalue weighted by Gasteiger charge is 2.10. The van der Waals surface area contributed by atoms with E-state index in [0.717, 1.165) is 22.9 Å². The van der Waals surface area contributed by atoms with Crippen molar-refractivity contribution >= 4 is 11.3 Å². The van der Waals surface area contributed by atoms with Crippen LogP contribution in [-0.2, 0) is 6.54 Å². The first-order valence-corrected chi connectivity index (χ1v) is 6.40. The van der Waals surface area contributed by atoms with Gasteiger partial charge in [-0.2, -0.15) is 0 Å². The van der Waals surface area contributed by atoms with Crippen LogP contribution in [-0.4, -0.2) is 15.0 Å². The van der Waals surface area contributed by atoms with Gasteiger partial charge in [0.1, 0.15) is 5.01 Å². The first-order valence-electron chi connectivity index (χ1n) is 5.59. The lowest BCUT2D eigenvalue weighted by atomic mass is 10.2. The van der Waals surface area contributed by atoms with Gasteiger partial charge in [0.05, 0.1) is 11.4 Å². The summed E-state index contributed by atoms with van der Waals surface area (Å²) in [5.41, 5.74) is 1.98. The van der Waals surface area contributed by atoms with E-state index in [2.05, 4.69) is 34.1 Å². The molecule has 0 radical (unpaired) electrons. The fourth-order valence-electron chi connectivity index (χ4n) is 1.66. The van der Waals surface area contributed by atoms with Crippen LogP contribution in [0.1, 0.15) is 34.2 Å². The Morgan fingerprint density at radius 2 is 2.00 bits per heavy atom. The van der Waals surface area contributed by atoms with Gasteiger partial charge in [-0.25, -0.2) is 4.98 Å². The van der Waals surface area contributed by atoms with Gasteiger partial charge in [-0.15, -0.1) is 11.3 Å². The normalized spacial score (nSPS) is 12.6. The summed E-state index contributed by atoms with van der Waals surface area (Å²) >= 11 is 1.72. The summed E-state index contributed by atoms with van der Waals surface area (Å²) in [4.78, 5) is 14.2. The molecule has 0 fully saturated rings. The number of nitrogens with zero attached hydrogens (tertiary/aromatic N) is 3. The molecule has 1 atom stereocenters. The van der Waals surface area contributed by atoms with Gasteiger partial charge in [-0.1, -0.05) is 0 Å². The Balaban J connectivity index is 1.98. The predicted molar refractivity (Wildman–Crippen MR) is 68.9 cm³/mol. The predicted octanol–water partition coefficient (Wildman–Crippen LogP) is 2.40. The van der Waals surface area contributed by atoms with Crippen LogP contribution in [0.15, 0.2) is 18.6 Å². The Labute approximate surface area is 105 Å². The third-order valence-electron chi connectivity index (χ3n) is 2.56. The average Bonchev–Trinajstić information content (AvgIpc) is 2.73. The van der Waals surface area contributed by atoms with Crippen LogP contribution in [0, 0.1) is 13.8 Å². The van der Waals surface area contributed by atoms with Crippen LogP contribution >= 0.6 is 11.3 Å². The topological polar surface area (TPSA) is 50.7 Å². The Hall–Kier alpha value is -1.33. The fraction of sp³-hybridized carbons (Fsp3) is 0.417. The van der Waals surface area contributed by atoms with E-state index in [4.69, 9.17) is 0 Å². The Kier molecular flexibility index (Phi) is 3.81. The summed E-state index contributed by atoms with van der Waals surface area (Å²) in [5.74, 6) is 0. The molecule has 2 aromatic rings. The van der Waals surface area contributed by atoms with Gasteiger partial charge in [0.2, 0.25) is 0 Å². The number of hydrogen-bond donors (Lipinski definition) is 1. The molecule has 0 amide bonds.